The van der Waals surface area contributed by atoms with E-state index in [9.17, 15) is 5.11 Å². The number of nitrogens with one attached hydrogen (secondary N) is 1. The number of aromatic hydroxyl groups is 1. The van der Waals surface area contributed by atoms with E-state index < -0.39 is 0 Å². The van der Waals surface area contributed by atoms with Gasteiger partial charge < -0.3 is 10.4 Å². The lowest BCUT2D eigenvalue weighted by molar-refractivity contribution is 0.435. The van der Waals surface area contributed by atoms with E-state index >= 15 is 0 Å². The molecule has 118 valence electrons. The van der Waals surface area contributed by atoms with Gasteiger partial charge in [-0.2, -0.15) is 9.78 Å². The van der Waals surface area contributed by atoms with Gasteiger partial charge in [-0.15, -0.1) is 0 Å². The van der Waals surface area contributed by atoms with Crippen molar-refractivity contribution in [2.24, 2.45) is 0 Å². The molecule has 3 aromatic carbocycles. The van der Waals surface area contributed by atoms with Crippen molar-refractivity contribution < 1.29 is 5.11 Å². The van der Waals surface area contributed by atoms with Gasteiger partial charge in [0.05, 0.1) is 11.4 Å². The Balaban J connectivity index is 1.72. The monoisotopic (exact) mass is 315 g/mol. The molecule has 0 aliphatic carbocycles. The molecule has 4 rings (SSSR count). The number of fused-ring (bicyclic) bond motifs is 1. The van der Waals surface area contributed by atoms with E-state index in [1.807, 2.05) is 55.5 Å². The van der Waals surface area contributed by atoms with Crippen molar-refractivity contribution in [3.05, 3.63) is 78.5 Å². The lowest BCUT2D eigenvalue weighted by Crippen LogP contribution is -1.95. The third kappa shape index (κ3) is 2.48. The van der Waals surface area contributed by atoms with Gasteiger partial charge in [-0.1, -0.05) is 48.5 Å². The highest BCUT2D eigenvalue weighted by molar-refractivity contribution is 5.86. The van der Waals surface area contributed by atoms with Crippen LogP contribution in [0.2, 0.25) is 0 Å². The van der Waals surface area contributed by atoms with E-state index in [-0.39, 0.29) is 5.88 Å². The molecule has 4 nitrogen and oxygen atoms in total. The summed E-state index contributed by atoms with van der Waals surface area (Å²) in [4.78, 5) is 0. The molecule has 4 aromatic rings. The second-order valence-electron chi connectivity index (χ2n) is 5.72. The van der Waals surface area contributed by atoms with E-state index in [0.29, 0.717) is 5.69 Å². The fourth-order valence-electron chi connectivity index (χ4n) is 2.82. The van der Waals surface area contributed by atoms with Crippen LogP contribution in [0.1, 0.15) is 5.69 Å². The Labute approximate surface area is 140 Å². The van der Waals surface area contributed by atoms with Crippen molar-refractivity contribution in [3.63, 3.8) is 0 Å². The van der Waals surface area contributed by atoms with Crippen molar-refractivity contribution >= 4 is 22.1 Å². The molecule has 4 heteroatoms. The maximum absolute atomic E-state index is 10.6. The first-order valence-corrected chi connectivity index (χ1v) is 7.82. The predicted octanol–water partition coefficient (Wildman–Crippen LogP) is 4.78. The van der Waals surface area contributed by atoms with Crippen LogP contribution in [-0.2, 0) is 0 Å². The maximum atomic E-state index is 10.6. The molecule has 2 N–H and O–H groups in total. The third-order valence-corrected chi connectivity index (χ3v) is 4.06. The summed E-state index contributed by atoms with van der Waals surface area (Å²) in [6, 6.07) is 23.9. The second-order valence-corrected chi connectivity index (χ2v) is 5.72. The molecule has 0 saturated carbocycles. The van der Waals surface area contributed by atoms with E-state index in [1.54, 1.807) is 4.68 Å². The number of hydrogen-bond donors (Lipinski definition) is 2. The largest absolute Gasteiger partial charge is 0.492 e. The Hall–Kier alpha value is -3.27. The Bertz CT molecular complexity index is 1010. The summed E-state index contributed by atoms with van der Waals surface area (Å²) in [5, 5.41) is 20.6. The van der Waals surface area contributed by atoms with Crippen LogP contribution in [0.25, 0.3) is 16.5 Å². The molecular weight excluding hydrogens is 298 g/mol. The first-order chi connectivity index (χ1) is 11.7. The first-order valence-electron chi connectivity index (χ1n) is 7.82. The molecule has 0 saturated heterocycles. The van der Waals surface area contributed by atoms with Crippen molar-refractivity contribution in [3.8, 4) is 11.6 Å². The summed E-state index contributed by atoms with van der Waals surface area (Å²) in [5.41, 5.74) is 3.10. The molecular formula is C20H17N3O. The molecule has 1 aromatic heterocycles. The summed E-state index contributed by atoms with van der Waals surface area (Å²) < 4.78 is 1.54. The predicted molar refractivity (Wildman–Crippen MR) is 97.2 cm³/mol. The summed E-state index contributed by atoms with van der Waals surface area (Å²) in [5.74, 6) is 0.104. The quantitative estimate of drug-likeness (QED) is 0.572. The number of para-hydroxylation sites is 1. The molecule has 0 amide bonds. The highest BCUT2D eigenvalue weighted by Crippen LogP contribution is 2.33. The normalized spacial score (nSPS) is 10.9. The van der Waals surface area contributed by atoms with Crippen LogP contribution >= 0.6 is 0 Å². The van der Waals surface area contributed by atoms with Crippen LogP contribution in [0.5, 0.6) is 5.88 Å². The van der Waals surface area contributed by atoms with Gasteiger partial charge in [0, 0.05) is 5.69 Å². The standard InChI is InChI=1S/C20H17N3O/c1-14-19(20(24)23(22-14)18-9-3-2-4-10-18)21-17-12-11-15-7-5-6-8-16(15)13-17/h2-13,21,24H,1H3. The highest BCUT2D eigenvalue weighted by Gasteiger charge is 2.15. The zero-order valence-electron chi connectivity index (χ0n) is 13.3. The number of nitrogens with zero attached hydrogens (tertiary/aromatic N) is 2. The zero-order chi connectivity index (χ0) is 16.5. The van der Waals surface area contributed by atoms with Gasteiger partial charge in [0.2, 0.25) is 5.88 Å². The smallest absolute Gasteiger partial charge is 0.238 e. The Morgan fingerprint density at radius 1 is 0.875 bits per heavy atom. The summed E-state index contributed by atoms with van der Waals surface area (Å²) in [6.07, 6.45) is 0. The fraction of sp³-hybridized carbons (Fsp3) is 0.0500. The highest BCUT2D eigenvalue weighted by atomic mass is 16.3. The van der Waals surface area contributed by atoms with Gasteiger partial charge in [0.1, 0.15) is 5.69 Å². The van der Waals surface area contributed by atoms with Gasteiger partial charge in [0.15, 0.2) is 0 Å². The van der Waals surface area contributed by atoms with Crippen LogP contribution < -0.4 is 5.32 Å². The first kappa shape index (κ1) is 14.3. The van der Waals surface area contributed by atoms with Crippen molar-refractivity contribution in [2.45, 2.75) is 6.92 Å². The van der Waals surface area contributed by atoms with Crippen molar-refractivity contribution in [2.75, 3.05) is 5.32 Å². The van der Waals surface area contributed by atoms with Gasteiger partial charge in [-0.25, -0.2) is 0 Å². The van der Waals surface area contributed by atoms with Crippen LogP contribution in [0, 0.1) is 6.92 Å². The van der Waals surface area contributed by atoms with E-state index in [2.05, 4.69) is 34.7 Å². The number of benzene rings is 3. The van der Waals surface area contributed by atoms with E-state index in [0.717, 1.165) is 22.5 Å². The molecule has 0 atom stereocenters. The molecule has 0 spiro atoms. The third-order valence-electron chi connectivity index (χ3n) is 4.06. The fourth-order valence-corrected chi connectivity index (χ4v) is 2.82. The minimum atomic E-state index is 0.104. The summed E-state index contributed by atoms with van der Waals surface area (Å²) in [6.45, 7) is 1.88. The Morgan fingerprint density at radius 3 is 2.38 bits per heavy atom. The summed E-state index contributed by atoms with van der Waals surface area (Å²) >= 11 is 0. The van der Waals surface area contributed by atoms with Gasteiger partial charge >= 0.3 is 0 Å². The number of aromatic nitrogens is 2. The Morgan fingerprint density at radius 2 is 1.58 bits per heavy atom. The van der Waals surface area contributed by atoms with E-state index in [4.69, 9.17) is 0 Å². The average molecular weight is 315 g/mol. The van der Waals surface area contributed by atoms with Gasteiger partial charge in [0.25, 0.3) is 0 Å². The van der Waals surface area contributed by atoms with Crippen molar-refractivity contribution in [1.82, 2.24) is 9.78 Å². The van der Waals surface area contributed by atoms with Crippen molar-refractivity contribution in [1.29, 1.82) is 0 Å². The lowest BCUT2D eigenvalue weighted by atomic mass is 10.1. The molecule has 24 heavy (non-hydrogen) atoms. The minimum absolute atomic E-state index is 0.104. The number of rotatable bonds is 3. The number of aryl methyl sites for hydroxylation is 1. The lowest BCUT2D eigenvalue weighted by Gasteiger charge is -2.08. The summed E-state index contributed by atoms with van der Waals surface area (Å²) in [7, 11) is 0. The van der Waals surface area contributed by atoms with Crippen LogP contribution in [-0.4, -0.2) is 14.9 Å². The van der Waals surface area contributed by atoms with Gasteiger partial charge in [-0.3, -0.25) is 0 Å². The average Bonchev–Trinajstić information content (AvgIpc) is 2.90. The van der Waals surface area contributed by atoms with Crippen LogP contribution in [0.3, 0.4) is 0 Å². The molecule has 1 heterocycles. The maximum Gasteiger partial charge on any atom is 0.238 e. The Kier molecular flexibility index (Phi) is 3.43. The topological polar surface area (TPSA) is 50.1 Å². The van der Waals surface area contributed by atoms with Crippen LogP contribution in [0.15, 0.2) is 72.8 Å². The van der Waals surface area contributed by atoms with Crippen LogP contribution in [0.4, 0.5) is 11.4 Å². The molecule has 0 radical (unpaired) electrons. The second kappa shape index (κ2) is 5.74. The molecule has 0 unspecified atom stereocenters. The SMILES string of the molecule is Cc1nn(-c2ccccc2)c(O)c1Nc1ccc2ccccc2c1. The van der Waals surface area contributed by atoms with E-state index in [1.165, 1.54) is 5.39 Å². The molecule has 0 fully saturated rings. The zero-order valence-corrected chi connectivity index (χ0v) is 13.3. The van der Waals surface area contributed by atoms with Gasteiger partial charge in [-0.05, 0) is 42.0 Å². The number of anilines is 2. The molecule has 0 bridgehead atoms. The molecule has 0 aliphatic rings. The molecule has 0 aliphatic heterocycles. The minimum Gasteiger partial charge on any atom is -0.492 e. The number of hydrogen-bond acceptors (Lipinski definition) is 3.